The minimum absolute atomic E-state index is 0.335. The second-order valence-electron chi connectivity index (χ2n) is 11.5. The Bertz CT molecular complexity index is 1970. The molecule has 2 atom stereocenters. The third-order valence-corrected chi connectivity index (χ3v) is 9.19. The summed E-state index contributed by atoms with van der Waals surface area (Å²) in [7, 11) is 0. The lowest BCUT2D eigenvalue weighted by atomic mass is 9.62. The SMILES string of the molecule is Cc1cc2c3c(cc(C)cc3c1)-c1cc3c(cc1-2)C(c1ccccc1)=C1C=Cc2cccc4c2C1C3C=C4. The second-order valence-corrected chi connectivity index (χ2v) is 11.5. The fourth-order valence-electron chi connectivity index (χ4n) is 7.78. The molecular weight excluding hydrogens is 456 g/mol. The van der Waals surface area contributed by atoms with Crippen LogP contribution in [0, 0.1) is 13.8 Å². The molecule has 2 unspecified atom stereocenters. The van der Waals surface area contributed by atoms with Gasteiger partial charge in [-0.15, -0.1) is 0 Å². The summed E-state index contributed by atoms with van der Waals surface area (Å²) in [6, 6.07) is 32.4. The molecule has 0 aliphatic heterocycles. The molecule has 0 nitrogen and oxygen atoms in total. The summed E-state index contributed by atoms with van der Waals surface area (Å²) in [5, 5.41) is 2.77. The van der Waals surface area contributed by atoms with Gasteiger partial charge in [-0.05, 0) is 115 Å². The third kappa shape index (κ3) is 2.55. The average Bonchev–Trinajstić information content (AvgIpc) is 3.23. The van der Waals surface area contributed by atoms with Crippen LogP contribution in [0.15, 0.2) is 103 Å². The van der Waals surface area contributed by atoms with Gasteiger partial charge in [-0.25, -0.2) is 0 Å². The van der Waals surface area contributed by atoms with E-state index < -0.39 is 0 Å². The van der Waals surface area contributed by atoms with Gasteiger partial charge in [-0.1, -0.05) is 97.1 Å². The van der Waals surface area contributed by atoms with E-state index in [0.29, 0.717) is 11.8 Å². The molecule has 0 heterocycles. The first kappa shape index (κ1) is 20.6. The Morgan fingerprint density at radius 3 is 2.05 bits per heavy atom. The molecule has 0 N–H and O–H groups in total. The average molecular weight is 483 g/mol. The summed E-state index contributed by atoms with van der Waals surface area (Å²) in [6.07, 6.45) is 9.58. The normalized spacial score (nSPS) is 19.0. The summed E-state index contributed by atoms with van der Waals surface area (Å²) in [5.41, 5.74) is 19.5. The van der Waals surface area contributed by atoms with E-state index in [9.17, 15) is 0 Å². The van der Waals surface area contributed by atoms with Crippen molar-refractivity contribution in [1.29, 1.82) is 0 Å². The predicted octanol–water partition coefficient (Wildman–Crippen LogP) is 9.84. The molecular formula is C38H26. The Morgan fingerprint density at radius 1 is 0.579 bits per heavy atom. The van der Waals surface area contributed by atoms with Crippen LogP contribution in [0.3, 0.4) is 0 Å². The summed E-state index contributed by atoms with van der Waals surface area (Å²) in [4.78, 5) is 0. The van der Waals surface area contributed by atoms with Gasteiger partial charge in [0.05, 0.1) is 0 Å². The van der Waals surface area contributed by atoms with E-state index >= 15 is 0 Å². The molecule has 5 aromatic carbocycles. The van der Waals surface area contributed by atoms with Crippen LogP contribution in [0.2, 0.25) is 0 Å². The molecule has 0 heteroatoms. The van der Waals surface area contributed by atoms with E-state index in [4.69, 9.17) is 0 Å². The number of fused-ring (bicyclic) bond motifs is 5. The number of rotatable bonds is 1. The first-order valence-corrected chi connectivity index (χ1v) is 13.7. The van der Waals surface area contributed by atoms with Gasteiger partial charge >= 0.3 is 0 Å². The van der Waals surface area contributed by atoms with E-state index in [2.05, 4.69) is 123 Å². The molecule has 0 aromatic heterocycles. The van der Waals surface area contributed by atoms with Gasteiger partial charge in [-0.2, -0.15) is 0 Å². The Morgan fingerprint density at radius 2 is 1.29 bits per heavy atom. The Labute approximate surface area is 223 Å². The summed E-state index contributed by atoms with van der Waals surface area (Å²) in [5.74, 6) is 0.683. The van der Waals surface area contributed by atoms with Crippen LogP contribution >= 0.6 is 0 Å². The van der Waals surface area contributed by atoms with E-state index in [0.717, 1.165) is 0 Å². The quantitative estimate of drug-likeness (QED) is 0.219. The summed E-state index contributed by atoms with van der Waals surface area (Å²) < 4.78 is 0. The lowest BCUT2D eigenvalue weighted by Gasteiger charge is -2.41. The summed E-state index contributed by atoms with van der Waals surface area (Å²) in [6.45, 7) is 4.46. The second kappa shape index (κ2) is 7.11. The van der Waals surface area contributed by atoms with Crippen LogP contribution < -0.4 is 0 Å². The first-order valence-electron chi connectivity index (χ1n) is 13.7. The standard InChI is InChI=1S/C38H26/c1-21-15-26-16-22(2)18-33-31-20-34-29(19-30(31)32(17-21)37(26)33)27-13-11-24-9-6-10-25-12-14-28(38(27)35(24)25)36(34)23-7-4-3-5-8-23/h3-20,27,38H,1-2H3. The molecule has 178 valence electrons. The van der Waals surface area contributed by atoms with Crippen LogP contribution in [0.25, 0.3) is 50.8 Å². The molecule has 0 saturated heterocycles. The zero-order valence-corrected chi connectivity index (χ0v) is 21.5. The fraction of sp³-hybridized carbons (Fsp3) is 0.105. The largest absolute Gasteiger partial charge is 0.0754 e. The highest BCUT2D eigenvalue weighted by Gasteiger charge is 2.40. The van der Waals surface area contributed by atoms with Crippen molar-refractivity contribution in [2.24, 2.45) is 0 Å². The summed E-state index contributed by atoms with van der Waals surface area (Å²) >= 11 is 0. The van der Waals surface area contributed by atoms with Gasteiger partial charge in [0.2, 0.25) is 0 Å². The van der Waals surface area contributed by atoms with E-state index in [1.165, 1.54) is 88.7 Å². The molecule has 0 saturated carbocycles. The fourth-order valence-corrected chi connectivity index (χ4v) is 7.78. The van der Waals surface area contributed by atoms with Gasteiger partial charge in [0, 0.05) is 11.8 Å². The Kier molecular flexibility index (Phi) is 3.86. The third-order valence-electron chi connectivity index (χ3n) is 9.19. The smallest absolute Gasteiger partial charge is 0.0211 e. The molecule has 0 bridgehead atoms. The van der Waals surface area contributed by atoms with Gasteiger partial charge < -0.3 is 0 Å². The van der Waals surface area contributed by atoms with Gasteiger partial charge in [0.1, 0.15) is 0 Å². The molecule has 0 radical (unpaired) electrons. The van der Waals surface area contributed by atoms with E-state index in [1.54, 1.807) is 0 Å². The van der Waals surface area contributed by atoms with Crippen molar-refractivity contribution in [3.05, 3.63) is 147 Å². The molecule has 4 aliphatic carbocycles. The van der Waals surface area contributed by atoms with Crippen molar-refractivity contribution >= 4 is 28.5 Å². The maximum absolute atomic E-state index is 2.55. The van der Waals surface area contributed by atoms with Crippen LogP contribution in [-0.4, -0.2) is 0 Å². The maximum Gasteiger partial charge on any atom is 0.0211 e. The lowest BCUT2D eigenvalue weighted by Crippen LogP contribution is -2.24. The molecule has 9 rings (SSSR count). The van der Waals surface area contributed by atoms with Gasteiger partial charge in [-0.3, -0.25) is 0 Å². The number of allylic oxidation sites excluding steroid dienone is 3. The molecule has 0 spiro atoms. The topological polar surface area (TPSA) is 0 Å². The molecule has 0 fully saturated rings. The first-order chi connectivity index (χ1) is 18.7. The van der Waals surface area contributed by atoms with E-state index in [-0.39, 0.29) is 0 Å². The molecule has 38 heavy (non-hydrogen) atoms. The molecule has 0 amide bonds. The van der Waals surface area contributed by atoms with Crippen molar-refractivity contribution in [1.82, 2.24) is 0 Å². The van der Waals surface area contributed by atoms with Gasteiger partial charge in [0.25, 0.3) is 0 Å². The highest BCUT2D eigenvalue weighted by atomic mass is 14.4. The zero-order valence-electron chi connectivity index (χ0n) is 21.5. The van der Waals surface area contributed by atoms with Crippen molar-refractivity contribution in [3.8, 4) is 22.3 Å². The van der Waals surface area contributed by atoms with Crippen molar-refractivity contribution < 1.29 is 0 Å². The van der Waals surface area contributed by atoms with Crippen LogP contribution in [0.5, 0.6) is 0 Å². The minimum atomic E-state index is 0.335. The molecule has 5 aromatic rings. The number of benzene rings is 5. The Balaban J connectivity index is 1.41. The van der Waals surface area contributed by atoms with Crippen molar-refractivity contribution in [3.63, 3.8) is 0 Å². The number of hydrogen-bond donors (Lipinski definition) is 0. The van der Waals surface area contributed by atoms with Gasteiger partial charge in [0.15, 0.2) is 0 Å². The number of aryl methyl sites for hydroxylation is 2. The van der Waals surface area contributed by atoms with Crippen molar-refractivity contribution in [2.75, 3.05) is 0 Å². The number of hydrogen-bond acceptors (Lipinski definition) is 0. The molecule has 4 aliphatic rings. The van der Waals surface area contributed by atoms with Crippen LogP contribution in [-0.2, 0) is 0 Å². The zero-order chi connectivity index (χ0) is 25.1. The lowest BCUT2D eigenvalue weighted by molar-refractivity contribution is 0.691. The van der Waals surface area contributed by atoms with Crippen molar-refractivity contribution in [2.45, 2.75) is 25.7 Å². The Hall–Kier alpha value is -4.42. The maximum atomic E-state index is 2.55. The van der Waals surface area contributed by atoms with Crippen LogP contribution in [0.1, 0.15) is 56.3 Å². The van der Waals surface area contributed by atoms with E-state index in [1.807, 2.05) is 0 Å². The predicted molar refractivity (Wildman–Crippen MR) is 160 cm³/mol. The minimum Gasteiger partial charge on any atom is -0.0754 e. The van der Waals surface area contributed by atoms with Crippen LogP contribution in [0.4, 0.5) is 0 Å². The highest BCUT2D eigenvalue weighted by molar-refractivity contribution is 6.16. The monoisotopic (exact) mass is 482 g/mol. The highest BCUT2D eigenvalue weighted by Crippen LogP contribution is 2.59.